The molecule has 4 rings (SSSR count). The van der Waals surface area contributed by atoms with Crippen LogP contribution in [0.3, 0.4) is 0 Å². The van der Waals surface area contributed by atoms with E-state index >= 15 is 0 Å². The van der Waals surface area contributed by atoms with E-state index in [1.165, 1.54) is 22.7 Å². The molecule has 0 saturated carbocycles. The van der Waals surface area contributed by atoms with Gasteiger partial charge in [0.2, 0.25) is 0 Å². The molecule has 1 heterocycles. The molecular formula is C25H19ClN2O5S2. The lowest BCUT2D eigenvalue weighted by Crippen LogP contribution is -2.27. The topological polar surface area (TPSA) is 81.9 Å². The average Bonchev–Trinajstić information content (AvgIpc) is 3.12. The van der Waals surface area contributed by atoms with Crippen molar-refractivity contribution in [2.75, 3.05) is 11.5 Å². The molecule has 0 N–H and O–H groups in total. The highest BCUT2D eigenvalue weighted by Gasteiger charge is 2.33. The predicted octanol–water partition coefficient (Wildman–Crippen LogP) is 6.63. The number of carbonyl (C=O) groups excluding carboxylic acids is 1. The van der Waals surface area contributed by atoms with Crippen LogP contribution in [0.1, 0.15) is 18.1 Å². The highest BCUT2D eigenvalue weighted by Crippen LogP contribution is 2.38. The number of halogens is 1. The van der Waals surface area contributed by atoms with Gasteiger partial charge in [-0.3, -0.25) is 19.8 Å². The summed E-state index contributed by atoms with van der Waals surface area (Å²) in [6.45, 7) is 2.25. The Balaban J connectivity index is 1.56. The molecule has 0 atom stereocenters. The number of thioether (sulfide) groups is 1. The van der Waals surface area contributed by atoms with E-state index in [1.807, 2.05) is 6.92 Å². The average molecular weight is 527 g/mol. The van der Waals surface area contributed by atoms with Crippen molar-refractivity contribution in [1.82, 2.24) is 0 Å². The predicted molar refractivity (Wildman–Crippen MR) is 142 cm³/mol. The number of anilines is 1. The molecule has 35 heavy (non-hydrogen) atoms. The molecule has 0 unspecified atom stereocenters. The Morgan fingerprint density at radius 1 is 1.09 bits per heavy atom. The number of hydrogen-bond acceptors (Lipinski definition) is 7. The second kappa shape index (κ2) is 10.9. The molecule has 0 aromatic heterocycles. The van der Waals surface area contributed by atoms with Crippen LogP contribution in [0.2, 0.25) is 5.02 Å². The summed E-state index contributed by atoms with van der Waals surface area (Å²) < 4.78 is 12.0. The summed E-state index contributed by atoms with van der Waals surface area (Å²) in [5, 5.41) is 11.8. The molecule has 1 amide bonds. The zero-order valence-corrected chi connectivity index (χ0v) is 20.9. The van der Waals surface area contributed by atoms with E-state index in [0.29, 0.717) is 43.6 Å². The van der Waals surface area contributed by atoms with Crippen molar-refractivity contribution in [1.29, 1.82) is 0 Å². The molecule has 0 spiro atoms. The van der Waals surface area contributed by atoms with Gasteiger partial charge >= 0.3 is 0 Å². The van der Waals surface area contributed by atoms with Crippen LogP contribution < -0.4 is 14.4 Å². The van der Waals surface area contributed by atoms with Crippen molar-refractivity contribution in [2.45, 2.75) is 13.5 Å². The highest BCUT2D eigenvalue weighted by molar-refractivity contribution is 8.27. The lowest BCUT2D eigenvalue weighted by molar-refractivity contribution is -0.385. The lowest BCUT2D eigenvalue weighted by atomic mass is 10.1. The first-order valence-electron chi connectivity index (χ1n) is 10.5. The van der Waals surface area contributed by atoms with Gasteiger partial charge in [0.1, 0.15) is 6.61 Å². The molecule has 0 radical (unpaired) electrons. The third-order valence-electron chi connectivity index (χ3n) is 5.02. The molecule has 1 aliphatic rings. The van der Waals surface area contributed by atoms with Gasteiger partial charge in [-0.15, -0.1) is 0 Å². The smallest absolute Gasteiger partial charge is 0.276 e. The van der Waals surface area contributed by atoms with Crippen LogP contribution in [0.5, 0.6) is 11.5 Å². The van der Waals surface area contributed by atoms with E-state index in [9.17, 15) is 14.9 Å². The van der Waals surface area contributed by atoms with Gasteiger partial charge in [0.15, 0.2) is 15.8 Å². The first-order valence-corrected chi connectivity index (χ1v) is 12.1. The van der Waals surface area contributed by atoms with Gasteiger partial charge in [-0.1, -0.05) is 53.8 Å². The minimum Gasteiger partial charge on any atom is -0.490 e. The number of hydrogen-bond donors (Lipinski definition) is 0. The number of nitrogens with zero attached hydrogens (tertiary/aromatic N) is 2. The van der Waals surface area contributed by atoms with Gasteiger partial charge in [-0.05, 0) is 61.0 Å². The maximum Gasteiger partial charge on any atom is 0.276 e. The van der Waals surface area contributed by atoms with E-state index in [0.717, 1.165) is 5.56 Å². The normalized spacial score (nSPS) is 14.5. The summed E-state index contributed by atoms with van der Waals surface area (Å²) in [5.41, 5.74) is 1.82. The zero-order valence-electron chi connectivity index (χ0n) is 18.5. The van der Waals surface area contributed by atoms with Crippen molar-refractivity contribution in [3.05, 3.63) is 97.9 Å². The van der Waals surface area contributed by atoms with Crippen LogP contribution in [0.25, 0.3) is 6.08 Å². The maximum atomic E-state index is 13.0. The molecule has 1 saturated heterocycles. The summed E-state index contributed by atoms with van der Waals surface area (Å²) >= 11 is 12.6. The molecular weight excluding hydrogens is 508 g/mol. The minimum atomic E-state index is -0.439. The van der Waals surface area contributed by atoms with Gasteiger partial charge in [0, 0.05) is 11.1 Å². The van der Waals surface area contributed by atoms with Crippen LogP contribution >= 0.6 is 35.6 Å². The Kier molecular flexibility index (Phi) is 7.70. The summed E-state index contributed by atoms with van der Waals surface area (Å²) in [7, 11) is 0. The van der Waals surface area contributed by atoms with Crippen molar-refractivity contribution < 1.29 is 19.2 Å². The van der Waals surface area contributed by atoms with Crippen LogP contribution in [0, 0.1) is 10.1 Å². The molecule has 7 nitrogen and oxygen atoms in total. The first-order chi connectivity index (χ1) is 16.9. The Morgan fingerprint density at radius 3 is 2.54 bits per heavy atom. The van der Waals surface area contributed by atoms with Crippen LogP contribution in [-0.4, -0.2) is 21.8 Å². The number of para-hydroxylation sites is 1. The number of nitro benzene ring substituents is 1. The van der Waals surface area contributed by atoms with E-state index in [1.54, 1.807) is 66.7 Å². The Morgan fingerprint density at radius 2 is 1.83 bits per heavy atom. The number of nitro groups is 1. The van der Waals surface area contributed by atoms with Crippen LogP contribution in [-0.2, 0) is 11.4 Å². The fourth-order valence-electron chi connectivity index (χ4n) is 3.40. The third kappa shape index (κ3) is 5.64. The Labute approximate surface area is 216 Å². The first kappa shape index (κ1) is 24.7. The molecule has 0 aliphatic carbocycles. The van der Waals surface area contributed by atoms with Gasteiger partial charge < -0.3 is 9.47 Å². The quantitative estimate of drug-likeness (QED) is 0.141. The van der Waals surface area contributed by atoms with Crippen molar-refractivity contribution in [2.24, 2.45) is 0 Å². The monoisotopic (exact) mass is 526 g/mol. The van der Waals surface area contributed by atoms with Crippen molar-refractivity contribution in [3.8, 4) is 11.5 Å². The SMILES string of the molecule is CCOc1cc(/C=C2\SC(=S)N(c3ccc(Cl)cc3)C2=O)ccc1OCc1ccccc1[N+](=O)[O-]. The van der Waals surface area contributed by atoms with Crippen LogP contribution in [0.15, 0.2) is 71.6 Å². The number of ether oxygens (including phenoxy) is 2. The van der Waals surface area contributed by atoms with Crippen LogP contribution in [0.4, 0.5) is 11.4 Å². The fourth-order valence-corrected chi connectivity index (χ4v) is 4.83. The van der Waals surface area contributed by atoms with E-state index in [-0.39, 0.29) is 18.2 Å². The standard InChI is InChI=1S/C25H19ClN2O5S2/c1-2-32-22-13-16(7-12-21(22)33-15-17-5-3-4-6-20(17)28(30)31)14-23-24(29)27(25(34)35-23)19-10-8-18(26)9-11-19/h3-14H,2,15H2,1H3/b23-14-. The Hall–Kier alpha value is -3.40. The van der Waals surface area contributed by atoms with Gasteiger partial charge in [0.25, 0.3) is 11.6 Å². The highest BCUT2D eigenvalue weighted by atomic mass is 35.5. The Bertz CT molecular complexity index is 1330. The zero-order chi connectivity index (χ0) is 24.9. The molecule has 1 aliphatic heterocycles. The molecule has 178 valence electrons. The molecule has 1 fully saturated rings. The number of rotatable bonds is 8. The maximum absolute atomic E-state index is 13.0. The number of amides is 1. The molecule has 10 heteroatoms. The largest absolute Gasteiger partial charge is 0.490 e. The second-order valence-corrected chi connectivity index (χ2v) is 9.42. The van der Waals surface area contributed by atoms with E-state index in [4.69, 9.17) is 33.3 Å². The summed E-state index contributed by atoms with van der Waals surface area (Å²) in [6.07, 6.45) is 1.74. The molecule has 0 bridgehead atoms. The van der Waals surface area contributed by atoms with Gasteiger partial charge in [-0.2, -0.15) is 0 Å². The van der Waals surface area contributed by atoms with E-state index < -0.39 is 4.92 Å². The van der Waals surface area contributed by atoms with E-state index in [2.05, 4.69) is 0 Å². The van der Waals surface area contributed by atoms with Crippen molar-refractivity contribution >= 4 is 63.3 Å². The summed E-state index contributed by atoms with van der Waals surface area (Å²) in [4.78, 5) is 25.8. The molecule has 3 aromatic carbocycles. The van der Waals surface area contributed by atoms with Gasteiger partial charge in [0.05, 0.1) is 27.7 Å². The van der Waals surface area contributed by atoms with Crippen molar-refractivity contribution in [3.63, 3.8) is 0 Å². The summed E-state index contributed by atoms with van der Waals surface area (Å²) in [5.74, 6) is 0.681. The number of thiocarbonyl (C=S) groups is 1. The fraction of sp³-hybridized carbons (Fsp3) is 0.120. The van der Waals surface area contributed by atoms with Gasteiger partial charge in [-0.25, -0.2) is 0 Å². The lowest BCUT2D eigenvalue weighted by Gasteiger charge is -2.14. The minimum absolute atomic E-state index is 0.00945. The molecule has 3 aromatic rings. The third-order valence-corrected chi connectivity index (χ3v) is 6.57. The summed E-state index contributed by atoms with van der Waals surface area (Å²) in [6, 6.07) is 18.6. The number of benzene rings is 3. The second-order valence-electron chi connectivity index (χ2n) is 7.31. The number of carbonyl (C=O) groups is 1.